The molecule has 0 aromatic heterocycles. The van der Waals surface area contributed by atoms with Gasteiger partial charge in [0.05, 0.1) is 4.90 Å². The number of rotatable bonds is 2. The summed E-state index contributed by atoms with van der Waals surface area (Å²) in [5.74, 6) is -4.15. The maximum absolute atomic E-state index is 12.3. The highest BCUT2D eigenvalue weighted by Crippen LogP contribution is 2.17. The van der Waals surface area contributed by atoms with Gasteiger partial charge in [0.15, 0.2) is 0 Å². The highest BCUT2D eigenvalue weighted by molar-refractivity contribution is 7.91. The molecule has 0 heterocycles. The largest absolute Gasteiger partial charge is 0.341 e. The third-order valence-corrected chi connectivity index (χ3v) is 2.78. The van der Waals surface area contributed by atoms with Crippen LogP contribution in [0.3, 0.4) is 0 Å². The molecule has 0 saturated carbocycles. The third-order valence-electron chi connectivity index (χ3n) is 1.38. The Balaban J connectivity index is 3.17. The summed E-state index contributed by atoms with van der Waals surface area (Å²) in [6.45, 7) is 0. The summed E-state index contributed by atoms with van der Waals surface area (Å²) in [4.78, 5) is -0.580. The fraction of sp³-hybridized carbons (Fsp3) is 0.143. The van der Waals surface area contributed by atoms with Crippen LogP contribution in [-0.4, -0.2) is 14.2 Å². The van der Waals surface area contributed by atoms with Gasteiger partial charge in [0.1, 0.15) is 5.82 Å². The van der Waals surface area contributed by atoms with Gasteiger partial charge < -0.3 is 0 Å². The zero-order valence-corrected chi connectivity index (χ0v) is 7.06. The molecule has 0 aliphatic heterocycles. The number of alkyl halides is 2. The molecule has 0 amide bonds. The summed E-state index contributed by atoms with van der Waals surface area (Å²) in [7, 11) is -4.59. The lowest BCUT2D eigenvalue weighted by molar-refractivity contribution is 0.234. The molecule has 0 saturated heterocycles. The van der Waals surface area contributed by atoms with Crippen molar-refractivity contribution < 1.29 is 21.6 Å². The molecule has 0 radical (unpaired) electrons. The summed E-state index contributed by atoms with van der Waals surface area (Å²) in [6.07, 6.45) is 0. The molecular weight excluding hydrogens is 205 g/mol. The Morgan fingerprint density at radius 2 is 1.54 bits per heavy atom. The molecule has 0 N–H and O–H groups in total. The van der Waals surface area contributed by atoms with Crippen LogP contribution in [0.15, 0.2) is 29.2 Å². The van der Waals surface area contributed by atoms with Crippen LogP contribution in [0.1, 0.15) is 0 Å². The van der Waals surface area contributed by atoms with E-state index in [9.17, 15) is 21.6 Å². The van der Waals surface area contributed by atoms with E-state index in [-0.39, 0.29) is 0 Å². The van der Waals surface area contributed by atoms with Gasteiger partial charge in [0, 0.05) is 0 Å². The first-order chi connectivity index (χ1) is 5.94. The molecule has 1 aromatic rings. The van der Waals surface area contributed by atoms with Gasteiger partial charge in [-0.1, -0.05) is 0 Å². The molecule has 0 aliphatic carbocycles. The number of hydrogen-bond acceptors (Lipinski definition) is 2. The van der Waals surface area contributed by atoms with Gasteiger partial charge in [-0.15, -0.1) is 0 Å². The number of halogens is 3. The van der Waals surface area contributed by atoms with Crippen molar-refractivity contribution in [3.05, 3.63) is 30.1 Å². The van der Waals surface area contributed by atoms with E-state index in [4.69, 9.17) is 0 Å². The molecule has 13 heavy (non-hydrogen) atoms. The number of sulfone groups is 1. The average Bonchev–Trinajstić information content (AvgIpc) is 2.04. The smallest absolute Gasteiger partial charge is 0.218 e. The number of hydrogen-bond donors (Lipinski definition) is 0. The maximum Gasteiger partial charge on any atom is 0.341 e. The first-order valence-electron chi connectivity index (χ1n) is 3.22. The van der Waals surface area contributed by atoms with Crippen LogP contribution in [0.4, 0.5) is 13.2 Å². The van der Waals surface area contributed by atoms with Crippen molar-refractivity contribution in [1.29, 1.82) is 0 Å². The predicted molar refractivity (Wildman–Crippen MR) is 39.6 cm³/mol. The van der Waals surface area contributed by atoms with E-state index < -0.39 is 26.3 Å². The molecule has 0 fully saturated rings. The fourth-order valence-corrected chi connectivity index (χ4v) is 1.45. The predicted octanol–water partition coefficient (Wildman–Crippen LogP) is 1.82. The SMILES string of the molecule is O=S(=O)(c1ccc(F)cc1)C(F)F. The normalized spacial score (nSPS) is 12.0. The Hall–Kier alpha value is -1.04. The van der Waals surface area contributed by atoms with Gasteiger partial charge in [-0.3, -0.25) is 0 Å². The average molecular weight is 210 g/mol. The summed E-state index contributed by atoms with van der Waals surface area (Å²) < 4.78 is 57.7. The topological polar surface area (TPSA) is 34.1 Å². The van der Waals surface area contributed by atoms with Gasteiger partial charge in [0.2, 0.25) is 9.84 Å². The van der Waals surface area contributed by atoms with E-state index in [2.05, 4.69) is 0 Å². The lowest BCUT2D eigenvalue weighted by Gasteiger charge is -2.01. The van der Waals surface area contributed by atoms with Crippen LogP contribution in [0.5, 0.6) is 0 Å². The minimum atomic E-state index is -4.59. The monoisotopic (exact) mass is 210 g/mol. The molecule has 1 aromatic carbocycles. The lowest BCUT2D eigenvalue weighted by atomic mass is 10.4. The van der Waals surface area contributed by atoms with Crippen LogP contribution in [-0.2, 0) is 9.84 Å². The van der Waals surface area contributed by atoms with Crippen molar-refractivity contribution in [2.45, 2.75) is 10.7 Å². The fourth-order valence-electron chi connectivity index (χ4n) is 0.727. The first-order valence-corrected chi connectivity index (χ1v) is 4.77. The Bertz CT molecular complexity index is 383. The van der Waals surface area contributed by atoms with Crippen LogP contribution in [0.2, 0.25) is 0 Å². The van der Waals surface area contributed by atoms with Gasteiger partial charge >= 0.3 is 5.76 Å². The second-order valence-corrected chi connectivity index (χ2v) is 4.18. The summed E-state index contributed by atoms with van der Waals surface area (Å²) in [5, 5.41) is 0. The molecule has 72 valence electrons. The Morgan fingerprint density at radius 3 is 1.92 bits per heavy atom. The van der Waals surface area contributed by atoms with Crippen LogP contribution in [0.25, 0.3) is 0 Å². The number of benzene rings is 1. The van der Waals surface area contributed by atoms with Crippen molar-refractivity contribution in [2.24, 2.45) is 0 Å². The zero-order valence-electron chi connectivity index (χ0n) is 6.25. The van der Waals surface area contributed by atoms with Crippen LogP contribution in [0, 0.1) is 5.82 Å². The van der Waals surface area contributed by atoms with Gasteiger partial charge in [-0.2, -0.15) is 8.78 Å². The van der Waals surface area contributed by atoms with Crippen LogP contribution >= 0.6 is 0 Å². The Labute approximate surface area is 72.9 Å². The minimum Gasteiger partial charge on any atom is -0.218 e. The molecule has 6 heteroatoms. The minimum absolute atomic E-state index is 0.580. The molecule has 0 unspecified atom stereocenters. The summed E-state index contributed by atoms with van der Waals surface area (Å²) in [6, 6.07) is 3.23. The molecule has 1 rings (SSSR count). The van der Waals surface area contributed by atoms with Crippen molar-refractivity contribution in [3.63, 3.8) is 0 Å². The molecule has 2 nitrogen and oxygen atoms in total. The van der Waals surface area contributed by atoms with Crippen molar-refractivity contribution >= 4 is 9.84 Å². The molecule has 0 spiro atoms. The van der Waals surface area contributed by atoms with E-state index in [0.717, 1.165) is 24.3 Å². The molecule has 0 bridgehead atoms. The highest BCUT2D eigenvalue weighted by Gasteiger charge is 2.26. The van der Waals surface area contributed by atoms with Gasteiger partial charge in [-0.05, 0) is 24.3 Å². The van der Waals surface area contributed by atoms with Gasteiger partial charge in [0.25, 0.3) is 0 Å². The van der Waals surface area contributed by atoms with E-state index in [1.807, 2.05) is 0 Å². The van der Waals surface area contributed by atoms with Gasteiger partial charge in [-0.25, -0.2) is 12.8 Å². The van der Waals surface area contributed by atoms with Crippen molar-refractivity contribution in [2.75, 3.05) is 0 Å². The van der Waals surface area contributed by atoms with Crippen LogP contribution < -0.4 is 0 Å². The van der Waals surface area contributed by atoms with E-state index in [1.165, 1.54) is 0 Å². The van der Waals surface area contributed by atoms with Crippen molar-refractivity contribution in [3.8, 4) is 0 Å². The second kappa shape index (κ2) is 3.37. The van der Waals surface area contributed by atoms with E-state index in [0.29, 0.717) is 0 Å². The first kappa shape index (κ1) is 10.0. The molecular formula is C7H5F3O2S. The summed E-state index contributed by atoms with van der Waals surface area (Å²) in [5.41, 5.74) is 0. The highest BCUT2D eigenvalue weighted by atomic mass is 32.2. The van der Waals surface area contributed by atoms with Crippen molar-refractivity contribution in [1.82, 2.24) is 0 Å². The third kappa shape index (κ3) is 2.00. The quantitative estimate of drug-likeness (QED) is 0.698. The second-order valence-electron chi connectivity index (χ2n) is 2.26. The summed E-state index contributed by atoms with van der Waals surface area (Å²) >= 11 is 0. The lowest BCUT2D eigenvalue weighted by Crippen LogP contribution is -2.11. The zero-order chi connectivity index (χ0) is 10.1. The Morgan fingerprint density at radius 1 is 1.08 bits per heavy atom. The maximum atomic E-state index is 12.3. The van der Waals surface area contributed by atoms with E-state index in [1.54, 1.807) is 0 Å². The van der Waals surface area contributed by atoms with E-state index >= 15 is 0 Å². The Kier molecular flexibility index (Phi) is 2.60. The molecule has 0 aliphatic rings. The standard InChI is InChI=1S/C7H5F3O2S/c8-5-1-3-6(4-2-5)13(11,12)7(9)10/h1-4,7H. The molecule has 0 atom stereocenters.